The molecule has 7 heteroatoms. The largest absolute Gasteiger partial charge is 0.339 e. The van der Waals surface area contributed by atoms with Gasteiger partial charge in [0.2, 0.25) is 11.7 Å². The Hall–Kier alpha value is -3.48. The third kappa shape index (κ3) is 3.40. The van der Waals surface area contributed by atoms with Crippen molar-refractivity contribution in [3.8, 4) is 11.4 Å². The first-order valence-corrected chi connectivity index (χ1v) is 9.81. The lowest BCUT2D eigenvalue weighted by molar-refractivity contribution is 0.0699. The second kappa shape index (κ2) is 7.16. The second-order valence-electron chi connectivity index (χ2n) is 7.49. The maximum absolute atomic E-state index is 12.9. The van der Waals surface area contributed by atoms with Crippen LogP contribution in [0.2, 0.25) is 0 Å². The molecule has 146 valence electrons. The van der Waals surface area contributed by atoms with Gasteiger partial charge in [0.15, 0.2) is 0 Å². The van der Waals surface area contributed by atoms with Crippen molar-refractivity contribution in [2.45, 2.75) is 25.7 Å². The molecule has 7 nitrogen and oxygen atoms in total. The molecule has 3 aromatic heterocycles. The number of aryl methyl sites for hydroxylation is 1. The number of benzene rings is 1. The molecule has 4 heterocycles. The lowest BCUT2D eigenvalue weighted by Gasteiger charge is -2.29. The lowest BCUT2D eigenvalue weighted by atomic mass is 9.96. The smallest absolute Gasteiger partial charge is 0.274 e. The van der Waals surface area contributed by atoms with E-state index in [-0.39, 0.29) is 11.8 Å². The molecule has 0 spiro atoms. The van der Waals surface area contributed by atoms with E-state index in [1.165, 1.54) is 0 Å². The molecule has 1 fully saturated rings. The molecule has 1 aliphatic heterocycles. The number of fused-ring (bicyclic) bond motifs is 1. The predicted molar refractivity (Wildman–Crippen MR) is 108 cm³/mol. The lowest BCUT2D eigenvalue weighted by Crippen LogP contribution is -2.38. The van der Waals surface area contributed by atoms with E-state index in [9.17, 15) is 4.79 Å². The Morgan fingerprint density at radius 2 is 1.83 bits per heavy atom. The fourth-order valence-corrected chi connectivity index (χ4v) is 3.80. The summed E-state index contributed by atoms with van der Waals surface area (Å²) in [4.78, 5) is 23.8. The number of carbonyl (C=O) groups excluding carboxylic acids is 1. The third-order valence-electron chi connectivity index (χ3n) is 5.42. The van der Waals surface area contributed by atoms with E-state index in [2.05, 4.69) is 15.1 Å². The first kappa shape index (κ1) is 17.6. The summed E-state index contributed by atoms with van der Waals surface area (Å²) in [5.41, 5.74) is 3.34. The molecule has 0 unspecified atom stereocenters. The molecule has 0 saturated carbocycles. The van der Waals surface area contributed by atoms with Gasteiger partial charge >= 0.3 is 0 Å². The van der Waals surface area contributed by atoms with Crippen molar-refractivity contribution in [1.82, 2.24) is 24.4 Å². The van der Waals surface area contributed by atoms with Gasteiger partial charge in [0, 0.05) is 37.0 Å². The van der Waals surface area contributed by atoms with Gasteiger partial charge in [-0.3, -0.25) is 4.79 Å². The highest BCUT2D eigenvalue weighted by Gasteiger charge is 2.29. The molecule has 1 aromatic carbocycles. The number of piperidine rings is 1. The van der Waals surface area contributed by atoms with Gasteiger partial charge in [-0.05, 0) is 31.4 Å². The van der Waals surface area contributed by atoms with Crippen LogP contribution in [-0.2, 0) is 0 Å². The Morgan fingerprint density at radius 3 is 2.62 bits per heavy atom. The van der Waals surface area contributed by atoms with E-state index >= 15 is 0 Å². The van der Waals surface area contributed by atoms with Gasteiger partial charge in [0.25, 0.3) is 5.91 Å². The summed E-state index contributed by atoms with van der Waals surface area (Å²) in [5.74, 6) is 1.41. The molecule has 5 rings (SSSR count). The molecule has 1 saturated heterocycles. The van der Waals surface area contributed by atoms with Crippen LogP contribution in [0.4, 0.5) is 0 Å². The third-order valence-corrected chi connectivity index (χ3v) is 5.42. The van der Waals surface area contributed by atoms with E-state index < -0.39 is 0 Å². The van der Waals surface area contributed by atoms with Gasteiger partial charge in [-0.25, -0.2) is 4.98 Å². The first-order valence-electron chi connectivity index (χ1n) is 9.81. The molecule has 1 amide bonds. The minimum Gasteiger partial charge on any atom is -0.339 e. The summed E-state index contributed by atoms with van der Waals surface area (Å²) < 4.78 is 7.41. The van der Waals surface area contributed by atoms with Crippen molar-refractivity contribution >= 4 is 11.6 Å². The zero-order valence-electron chi connectivity index (χ0n) is 16.2. The van der Waals surface area contributed by atoms with Crippen LogP contribution in [0, 0.1) is 6.92 Å². The van der Waals surface area contributed by atoms with E-state index in [4.69, 9.17) is 4.52 Å². The van der Waals surface area contributed by atoms with Gasteiger partial charge in [0.05, 0.1) is 0 Å². The predicted octanol–water partition coefficient (Wildman–Crippen LogP) is 3.71. The van der Waals surface area contributed by atoms with Gasteiger partial charge in [-0.1, -0.05) is 41.6 Å². The number of imidazole rings is 1. The maximum atomic E-state index is 12.9. The van der Waals surface area contributed by atoms with Crippen LogP contribution in [0.1, 0.15) is 40.7 Å². The normalized spacial score (nSPS) is 15.1. The zero-order chi connectivity index (χ0) is 19.8. The summed E-state index contributed by atoms with van der Waals surface area (Å²) >= 11 is 0. The van der Waals surface area contributed by atoms with Crippen LogP contribution in [0.5, 0.6) is 0 Å². The number of carbonyl (C=O) groups is 1. The summed E-state index contributed by atoms with van der Waals surface area (Å²) in [5, 5.41) is 4.12. The zero-order valence-corrected chi connectivity index (χ0v) is 16.2. The van der Waals surface area contributed by atoms with Gasteiger partial charge in [-0.2, -0.15) is 4.98 Å². The van der Waals surface area contributed by atoms with Gasteiger partial charge in [-0.15, -0.1) is 0 Å². The number of pyridine rings is 1. The van der Waals surface area contributed by atoms with Crippen LogP contribution >= 0.6 is 0 Å². The first-order chi connectivity index (χ1) is 14.2. The number of nitrogens with zero attached hydrogens (tertiary/aromatic N) is 5. The van der Waals surface area contributed by atoms with Crippen LogP contribution in [0.3, 0.4) is 0 Å². The Bertz CT molecular complexity index is 1160. The van der Waals surface area contributed by atoms with E-state index in [1.54, 1.807) is 6.20 Å². The minimum atomic E-state index is -0.0275. The van der Waals surface area contributed by atoms with Crippen molar-refractivity contribution in [2.75, 3.05) is 13.1 Å². The number of rotatable bonds is 3. The molecular formula is C22H21N5O2. The van der Waals surface area contributed by atoms with Crippen molar-refractivity contribution in [3.05, 3.63) is 72.0 Å². The maximum Gasteiger partial charge on any atom is 0.274 e. The standard InChI is InChI=1S/C22H21N5O2/c1-15-7-8-19-23-18(14-27(19)13-15)22(28)26-11-9-17(10-12-26)21-24-20(25-29-21)16-5-3-2-4-6-16/h2-8,13-14,17H,9-12H2,1H3. The second-order valence-corrected chi connectivity index (χ2v) is 7.49. The monoisotopic (exact) mass is 387 g/mol. The highest BCUT2D eigenvalue weighted by atomic mass is 16.5. The molecule has 0 aliphatic carbocycles. The Balaban J connectivity index is 1.26. The van der Waals surface area contributed by atoms with Crippen molar-refractivity contribution in [2.24, 2.45) is 0 Å². The van der Waals surface area contributed by atoms with Crippen LogP contribution in [0.25, 0.3) is 17.0 Å². The number of hydrogen-bond donors (Lipinski definition) is 0. The van der Waals surface area contributed by atoms with E-state index in [0.717, 1.165) is 29.6 Å². The average molecular weight is 387 g/mol. The van der Waals surface area contributed by atoms with Crippen LogP contribution < -0.4 is 0 Å². The van der Waals surface area contributed by atoms with Gasteiger partial charge in [0.1, 0.15) is 11.3 Å². The number of hydrogen-bond acceptors (Lipinski definition) is 5. The average Bonchev–Trinajstić information content (AvgIpc) is 3.41. The Kier molecular flexibility index (Phi) is 4.35. The fraction of sp³-hybridized carbons (Fsp3) is 0.273. The van der Waals surface area contributed by atoms with Gasteiger partial charge < -0.3 is 13.8 Å². The van der Waals surface area contributed by atoms with Crippen molar-refractivity contribution in [3.63, 3.8) is 0 Å². The Labute approximate surface area is 168 Å². The molecule has 1 aliphatic rings. The van der Waals surface area contributed by atoms with E-state index in [0.29, 0.717) is 30.5 Å². The quantitative estimate of drug-likeness (QED) is 0.536. The number of likely N-dealkylation sites (tertiary alicyclic amines) is 1. The Morgan fingerprint density at radius 1 is 1.03 bits per heavy atom. The van der Waals surface area contributed by atoms with Crippen LogP contribution in [0.15, 0.2) is 59.4 Å². The molecule has 29 heavy (non-hydrogen) atoms. The topological polar surface area (TPSA) is 76.5 Å². The molecule has 4 aromatic rings. The summed E-state index contributed by atoms with van der Waals surface area (Å²) in [6.07, 6.45) is 5.38. The molecule has 0 radical (unpaired) electrons. The van der Waals surface area contributed by atoms with Crippen LogP contribution in [-0.4, -0.2) is 43.4 Å². The number of aromatic nitrogens is 4. The summed E-state index contributed by atoms with van der Waals surface area (Å²) in [6, 6.07) is 13.7. The van der Waals surface area contributed by atoms with Crippen molar-refractivity contribution in [1.29, 1.82) is 0 Å². The molecule has 0 N–H and O–H groups in total. The number of amides is 1. The molecular weight excluding hydrogens is 366 g/mol. The van der Waals surface area contributed by atoms with E-state index in [1.807, 2.05) is 64.9 Å². The molecule has 0 atom stereocenters. The highest BCUT2D eigenvalue weighted by Crippen LogP contribution is 2.29. The summed E-state index contributed by atoms with van der Waals surface area (Å²) in [7, 11) is 0. The molecule has 0 bridgehead atoms. The SMILES string of the molecule is Cc1ccc2nc(C(=O)N3CCC(c4nc(-c5ccccc5)no4)CC3)cn2c1. The fourth-order valence-electron chi connectivity index (χ4n) is 3.80. The minimum absolute atomic E-state index is 0.0275. The summed E-state index contributed by atoms with van der Waals surface area (Å²) in [6.45, 7) is 3.32. The van der Waals surface area contributed by atoms with Crippen molar-refractivity contribution < 1.29 is 9.32 Å². The highest BCUT2D eigenvalue weighted by molar-refractivity contribution is 5.93.